The molecule has 0 radical (unpaired) electrons. The highest BCUT2D eigenvalue weighted by atomic mass is 32.2. The number of hydrogen-bond donors (Lipinski definition) is 1. The van der Waals surface area contributed by atoms with Crippen LogP contribution in [0.5, 0.6) is 0 Å². The predicted octanol–water partition coefficient (Wildman–Crippen LogP) is 0.801. The van der Waals surface area contributed by atoms with E-state index in [0.29, 0.717) is 5.69 Å². The number of carbonyl (C=O) groups is 2. The number of urea groups is 1. The SMILES string of the molecule is CC1=[N+](C)C(=O)N(C)C(=O)C1S(=O)(=O)Nc1cccc(C)c1. The largest absolute Gasteiger partial charge is 0.500 e. The zero-order valence-electron chi connectivity index (χ0n) is 12.8. The molecule has 3 amide bonds. The molecule has 1 aromatic rings. The minimum absolute atomic E-state index is 0.174. The summed E-state index contributed by atoms with van der Waals surface area (Å²) in [5, 5.41) is -1.43. The fourth-order valence-electron chi connectivity index (χ4n) is 2.29. The van der Waals surface area contributed by atoms with Gasteiger partial charge in [0.15, 0.2) is 0 Å². The van der Waals surface area contributed by atoms with Crippen LogP contribution in [0.25, 0.3) is 0 Å². The standard InChI is InChI=1S/C14H18N3O4S/c1-9-6-5-7-11(8-9)15-22(20,21)12-10(2)16(3)14(19)17(4)13(12)18/h5-8,12,15H,1-4H3/q+1. The summed E-state index contributed by atoms with van der Waals surface area (Å²) < 4.78 is 28.7. The summed E-state index contributed by atoms with van der Waals surface area (Å²) in [6, 6.07) is 6.27. The van der Waals surface area contributed by atoms with Gasteiger partial charge in [0.05, 0.1) is 14.1 Å². The Balaban J connectivity index is 2.44. The lowest BCUT2D eigenvalue weighted by Crippen LogP contribution is -2.57. The van der Waals surface area contributed by atoms with Crippen LogP contribution in [0.1, 0.15) is 12.5 Å². The van der Waals surface area contributed by atoms with E-state index in [1.54, 1.807) is 18.2 Å². The summed E-state index contributed by atoms with van der Waals surface area (Å²) in [4.78, 5) is 24.9. The number of imide groups is 1. The molecule has 1 heterocycles. The molecular formula is C14H18N3O4S+. The summed E-state index contributed by atoms with van der Waals surface area (Å²) in [6.45, 7) is 3.30. The van der Waals surface area contributed by atoms with Crippen LogP contribution in [0.15, 0.2) is 24.3 Å². The van der Waals surface area contributed by atoms with E-state index in [9.17, 15) is 18.0 Å². The molecule has 1 aromatic carbocycles. The fraction of sp³-hybridized carbons (Fsp3) is 0.357. The van der Waals surface area contributed by atoms with Crippen molar-refractivity contribution in [3.63, 3.8) is 0 Å². The number of sulfonamides is 1. The number of nitrogens with zero attached hydrogens (tertiary/aromatic N) is 2. The molecule has 0 aromatic heterocycles. The zero-order chi connectivity index (χ0) is 16.7. The van der Waals surface area contributed by atoms with E-state index >= 15 is 0 Å². The number of amides is 3. The van der Waals surface area contributed by atoms with Gasteiger partial charge in [0.25, 0.3) is 10.0 Å². The quantitative estimate of drug-likeness (QED) is 0.833. The Hall–Kier alpha value is -2.22. The Bertz CT molecular complexity index is 783. The van der Waals surface area contributed by atoms with E-state index < -0.39 is 27.2 Å². The summed E-state index contributed by atoms with van der Waals surface area (Å²) in [5.41, 5.74) is 1.44. The van der Waals surface area contributed by atoms with Crippen LogP contribution >= 0.6 is 0 Å². The summed E-state index contributed by atoms with van der Waals surface area (Å²) >= 11 is 0. The maximum absolute atomic E-state index is 12.6. The van der Waals surface area contributed by atoms with Crippen molar-refractivity contribution >= 4 is 33.4 Å². The number of aryl methyl sites for hydroxylation is 1. The number of rotatable bonds is 3. The fourth-order valence-corrected chi connectivity index (χ4v) is 3.89. The molecule has 0 bridgehead atoms. The van der Waals surface area contributed by atoms with Crippen molar-refractivity contribution in [2.75, 3.05) is 18.8 Å². The van der Waals surface area contributed by atoms with Crippen LogP contribution in [0, 0.1) is 6.92 Å². The molecule has 7 nitrogen and oxygen atoms in total. The highest BCUT2D eigenvalue weighted by Crippen LogP contribution is 2.18. The number of benzene rings is 1. The van der Waals surface area contributed by atoms with Crippen molar-refractivity contribution in [1.29, 1.82) is 0 Å². The second-order valence-electron chi connectivity index (χ2n) is 5.28. The topological polar surface area (TPSA) is 86.6 Å². The molecule has 8 heteroatoms. The summed E-state index contributed by atoms with van der Waals surface area (Å²) in [7, 11) is -1.31. The highest BCUT2D eigenvalue weighted by Gasteiger charge is 2.50. The van der Waals surface area contributed by atoms with E-state index in [0.717, 1.165) is 10.5 Å². The Labute approximate surface area is 129 Å². The van der Waals surface area contributed by atoms with Crippen LogP contribution in [0.3, 0.4) is 0 Å². The maximum Gasteiger partial charge on any atom is 0.500 e. The van der Waals surface area contributed by atoms with E-state index in [4.69, 9.17) is 0 Å². The lowest BCUT2D eigenvalue weighted by molar-refractivity contribution is -0.405. The third-order valence-electron chi connectivity index (χ3n) is 3.63. The first-order chi connectivity index (χ1) is 10.1. The molecule has 0 aliphatic carbocycles. The van der Waals surface area contributed by atoms with Gasteiger partial charge >= 0.3 is 11.9 Å². The maximum atomic E-state index is 12.6. The third kappa shape index (κ3) is 2.74. The molecule has 0 spiro atoms. The van der Waals surface area contributed by atoms with Crippen LogP contribution < -0.4 is 4.72 Å². The molecule has 0 saturated carbocycles. The molecule has 1 atom stereocenters. The molecule has 1 N–H and O–H groups in total. The molecule has 1 aliphatic heterocycles. The van der Waals surface area contributed by atoms with Gasteiger partial charge in [0.2, 0.25) is 5.25 Å². The van der Waals surface area contributed by atoms with Gasteiger partial charge in [-0.3, -0.25) is 4.72 Å². The number of nitrogens with one attached hydrogen (secondary N) is 1. The monoisotopic (exact) mass is 324 g/mol. The Morgan fingerprint density at radius 3 is 2.45 bits per heavy atom. The number of hydrogen-bond acceptors (Lipinski definition) is 4. The molecule has 1 unspecified atom stereocenters. The van der Waals surface area contributed by atoms with Gasteiger partial charge in [-0.2, -0.15) is 14.3 Å². The van der Waals surface area contributed by atoms with Crippen molar-refractivity contribution in [3.8, 4) is 0 Å². The highest BCUT2D eigenvalue weighted by molar-refractivity contribution is 7.94. The molecule has 0 saturated heterocycles. The van der Waals surface area contributed by atoms with Crippen molar-refractivity contribution < 1.29 is 22.6 Å². The average Bonchev–Trinajstić information content (AvgIpc) is 2.42. The first-order valence-electron chi connectivity index (χ1n) is 6.62. The number of carbonyl (C=O) groups excluding carboxylic acids is 2. The zero-order valence-corrected chi connectivity index (χ0v) is 13.6. The van der Waals surface area contributed by atoms with Gasteiger partial charge in [-0.1, -0.05) is 12.1 Å². The van der Waals surface area contributed by atoms with Crippen LogP contribution in [-0.4, -0.2) is 54.9 Å². The predicted molar refractivity (Wildman–Crippen MR) is 82.5 cm³/mol. The van der Waals surface area contributed by atoms with E-state index in [-0.39, 0.29) is 5.71 Å². The van der Waals surface area contributed by atoms with Gasteiger partial charge in [0.1, 0.15) is 5.71 Å². The van der Waals surface area contributed by atoms with Crippen LogP contribution in [0.4, 0.5) is 10.5 Å². The first-order valence-corrected chi connectivity index (χ1v) is 8.17. The first kappa shape index (κ1) is 16.2. The Morgan fingerprint density at radius 1 is 1.23 bits per heavy atom. The van der Waals surface area contributed by atoms with E-state index in [2.05, 4.69) is 4.72 Å². The lowest BCUT2D eigenvalue weighted by atomic mass is 10.2. The van der Waals surface area contributed by atoms with Gasteiger partial charge in [0, 0.05) is 5.69 Å². The normalized spacial score (nSPS) is 19.6. The van der Waals surface area contributed by atoms with Crippen molar-refractivity contribution in [2.45, 2.75) is 19.1 Å². The molecule has 22 heavy (non-hydrogen) atoms. The van der Waals surface area contributed by atoms with Crippen LogP contribution in [-0.2, 0) is 14.8 Å². The minimum Gasteiger partial charge on any atom is -0.282 e. The van der Waals surface area contributed by atoms with Crippen molar-refractivity contribution in [1.82, 2.24) is 4.90 Å². The van der Waals surface area contributed by atoms with Gasteiger partial charge in [-0.15, -0.1) is 0 Å². The van der Waals surface area contributed by atoms with Gasteiger partial charge < -0.3 is 0 Å². The minimum atomic E-state index is -4.01. The summed E-state index contributed by atoms with van der Waals surface area (Å²) in [5.74, 6) is -0.763. The smallest absolute Gasteiger partial charge is 0.282 e. The molecule has 118 valence electrons. The van der Waals surface area contributed by atoms with Crippen molar-refractivity contribution in [3.05, 3.63) is 29.8 Å². The van der Waals surface area contributed by atoms with Crippen LogP contribution in [0.2, 0.25) is 0 Å². The van der Waals surface area contributed by atoms with E-state index in [1.165, 1.54) is 25.6 Å². The second-order valence-corrected chi connectivity index (χ2v) is 7.04. The Kier molecular flexibility index (Phi) is 4.06. The third-order valence-corrected chi connectivity index (χ3v) is 5.31. The lowest BCUT2D eigenvalue weighted by Gasteiger charge is -2.23. The summed E-state index contributed by atoms with van der Waals surface area (Å²) in [6.07, 6.45) is 0. The molecule has 1 aliphatic rings. The molecule has 2 rings (SSSR count). The molecular weight excluding hydrogens is 306 g/mol. The number of anilines is 1. The van der Waals surface area contributed by atoms with E-state index in [1.807, 2.05) is 13.0 Å². The second kappa shape index (κ2) is 5.53. The molecule has 0 fully saturated rings. The Morgan fingerprint density at radius 2 is 1.86 bits per heavy atom. The van der Waals surface area contributed by atoms with Gasteiger partial charge in [-0.25, -0.2) is 13.2 Å². The van der Waals surface area contributed by atoms with Gasteiger partial charge in [-0.05, 0) is 31.5 Å². The average molecular weight is 324 g/mol. The van der Waals surface area contributed by atoms with Crippen molar-refractivity contribution in [2.24, 2.45) is 0 Å².